The molecule has 2 aromatic heterocycles. The van der Waals surface area contributed by atoms with E-state index in [1.807, 2.05) is 43.3 Å². The van der Waals surface area contributed by atoms with Gasteiger partial charge in [-0.25, -0.2) is 5.43 Å². The summed E-state index contributed by atoms with van der Waals surface area (Å²) in [6.07, 6.45) is 5.09. The fourth-order valence-corrected chi connectivity index (χ4v) is 2.10. The summed E-state index contributed by atoms with van der Waals surface area (Å²) in [6.45, 7) is 1.83. The van der Waals surface area contributed by atoms with Gasteiger partial charge in [0.15, 0.2) is 0 Å². The molecular weight excluding hydrogens is 264 g/mol. The van der Waals surface area contributed by atoms with E-state index in [1.54, 1.807) is 18.6 Å². The molecular formula is C16H14N4O. The molecule has 3 aromatic rings. The first-order valence-electron chi connectivity index (χ1n) is 6.57. The van der Waals surface area contributed by atoms with Gasteiger partial charge in [0.2, 0.25) is 0 Å². The predicted octanol–water partition coefficient (Wildman–Crippen LogP) is 2.72. The van der Waals surface area contributed by atoms with E-state index in [2.05, 4.69) is 20.5 Å². The third-order valence-corrected chi connectivity index (χ3v) is 3.24. The molecule has 5 nitrogen and oxygen atoms in total. The minimum absolute atomic E-state index is 0.240. The van der Waals surface area contributed by atoms with Crippen molar-refractivity contribution in [3.8, 4) is 0 Å². The molecule has 5 heteroatoms. The number of aromatic amines is 1. The molecule has 0 spiro atoms. The fraction of sp³-hybridized carbons (Fsp3) is 0.0625. The van der Waals surface area contributed by atoms with Gasteiger partial charge < -0.3 is 4.98 Å². The number of amides is 1. The average Bonchev–Trinajstić information content (AvgIpc) is 2.97. The molecule has 0 aliphatic rings. The van der Waals surface area contributed by atoms with E-state index in [-0.39, 0.29) is 5.91 Å². The number of fused-ring (bicyclic) bond motifs is 1. The van der Waals surface area contributed by atoms with Gasteiger partial charge in [-0.3, -0.25) is 9.78 Å². The lowest BCUT2D eigenvalue weighted by molar-refractivity contribution is 0.0956. The number of para-hydroxylation sites is 1. The minimum atomic E-state index is -0.240. The number of carbonyl (C=O) groups is 1. The lowest BCUT2D eigenvalue weighted by Gasteiger charge is -2.01. The van der Waals surface area contributed by atoms with E-state index in [4.69, 9.17) is 0 Å². The van der Waals surface area contributed by atoms with Crippen molar-refractivity contribution in [3.63, 3.8) is 0 Å². The van der Waals surface area contributed by atoms with Crippen molar-refractivity contribution in [2.75, 3.05) is 0 Å². The summed E-state index contributed by atoms with van der Waals surface area (Å²) in [4.78, 5) is 19.3. The summed E-state index contributed by atoms with van der Waals surface area (Å²) in [7, 11) is 0. The first-order chi connectivity index (χ1) is 10.3. The van der Waals surface area contributed by atoms with Crippen LogP contribution in [0.2, 0.25) is 0 Å². The van der Waals surface area contributed by atoms with E-state index in [0.29, 0.717) is 11.3 Å². The Balaban J connectivity index is 1.81. The van der Waals surface area contributed by atoms with Gasteiger partial charge in [-0.2, -0.15) is 5.10 Å². The van der Waals surface area contributed by atoms with Crippen molar-refractivity contribution in [1.82, 2.24) is 15.4 Å². The van der Waals surface area contributed by atoms with Crippen molar-refractivity contribution < 1.29 is 4.79 Å². The molecule has 0 bridgehead atoms. The molecule has 21 heavy (non-hydrogen) atoms. The standard InChI is InChI=1S/C16H14N4O/c1-11(12-5-4-8-17-9-12)19-20-16(21)14-10-18-15-7-3-2-6-13(14)15/h2-10,18H,1H3,(H,20,21)/b19-11-. The summed E-state index contributed by atoms with van der Waals surface area (Å²) in [5.41, 5.74) is 5.66. The Bertz CT molecular complexity index is 805. The van der Waals surface area contributed by atoms with Crippen LogP contribution in [0.15, 0.2) is 60.1 Å². The van der Waals surface area contributed by atoms with Crippen molar-refractivity contribution >= 4 is 22.5 Å². The number of aromatic nitrogens is 2. The zero-order valence-electron chi connectivity index (χ0n) is 11.5. The molecule has 0 saturated heterocycles. The molecule has 2 heterocycles. The number of hydrogen-bond donors (Lipinski definition) is 2. The summed E-state index contributed by atoms with van der Waals surface area (Å²) >= 11 is 0. The van der Waals surface area contributed by atoms with E-state index < -0.39 is 0 Å². The Hall–Kier alpha value is -2.95. The number of rotatable bonds is 3. The number of hydrazone groups is 1. The molecule has 2 N–H and O–H groups in total. The normalized spacial score (nSPS) is 11.6. The van der Waals surface area contributed by atoms with Gasteiger partial charge in [0.25, 0.3) is 5.91 Å². The molecule has 0 aliphatic carbocycles. The average molecular weight is 278 g/mol. The lowest BCUT2D eigenvalue weighted by atomic mass is 10.2. The highest BCUT2D eigenvalue weighted by Gasteiger charge is 2.10. The quantitative estimate of drug-likeness (QED) is 0.571. The van der Waals surface area contributed by atoms with Crippen LogP contribution in [0, 0.1) is 0 Å². The molecule has 1 amide bonds. The van der Waals surface area contributed by atoms with Gasteiger partial charge >= 0.3 is 0 Å². The van der Waals surface area contributed by atoms with Crippen molar-refractivity contribution in [2.24, 2.45) is 5.10 Å². The number of H-pyrrole nitrogens is 1. The molecule has 0 radical (unpaired) electrons. The molecule has 3 rings (SSSR count). The van der Waals surface area contributed by atoms with Crippen molar-refractivity contribution in [3.05, 3.63) is 66.1 Å². The van der Waals surface area contributed by atoms with E-state index in [9.17, 15) is 4.79 Å². The molecule has 0 atom stereocenters. The van der Waals surface area contributed by atoms with E-state index in [1.165, 1.54) is 0 Å². The maximum Gasteiger partial charge on any atom is 0.273 e. The first-order valence-corrected chi connectivity index (χ1v) is 6.57. The molecule has 1 aromatic carbocycles. The van der Waals surface area contributed by atoms with Crippen molar-refractivity contribution in [2.45, 2.75) is 6.92 Å². The number of benzene rings is 1. The molecule has 0 unspecified atom stereocenters. The summed E-state index contributed by atoms with van der Waals surface area (Å²) in [5, 5.41) is 5.00. The van der Waals surface area contributed by atoms with Gasteiger partial charge in [0.05, 0.1) is 11.3 Å². The summed E-state index contributed by atoms with van der Waals surface area (Å²) < 4.78 is 0. The number of nitrogens with zero attached hydrogens (tertiary/aromatic N) is 2. The number of nitrogens with one attached hydrogen (secondary N) is 2. The molecule has 0 saturated carbocycles. The zero-order chi connectivity index (χ0) is 14.7. The second kappa shape index (κ2) is 5.58. The van der Waals surface area contributed by atoms with Gasteiger partial charge in [0.1, 0.15) is 0 Å². The minimum Gasteiger partial charge on any atom is -0.360 e. The third-order valence-electron chi connectivity index (χ3n) is 3.24. The number of pyridine rings is 1. The summed E-state index contributed by atoms with van der Waals surface area (Å²) in [6, 6.07) is 11.4. The van der Waals surface area contributed by atoms with Crippen LogP contribution in [-0.2, 0) is 0 Å². The van der Waals surface area contributed by atoms with E-state index in [0.717, 1.165) is 16.5 Å². The van der Waals surface area contributed by atoms with Gasteiger partial charge in [-0.1, -0.05) is 24.3 Å². The Morgan fingerprint density at radius 3 is 2.90 bits per heavy atom. The summed E-state index contributed by atoms with van der Waals surface area (Å²) in [5.74, 6) is -0.240. The SMILES string of the molecule is C/C(=N/NC(=O)c1c[nH]c2ccccc12)c1cccnc1. The first kappa shape index (κ1) is 13.1. The third kappa shape index (κ3) is 2.67. The molecule has 0 aliphatic heterocycles. The predicted molar refractivity (Wildman–Crippen MR) is 82.2 cm³/mol. The Kier molecular flexibility index (Phi) is 3.47. The van der Waals surface area contributed by atoms with Crippen molar-refractivity contribution in [1.29, 1.82) is 0 Å². The highest BCUT2D eigenvalue weighted by atomic mass is 16.2. The number of hydrogen-bond acceptors (Lipinski definition) is 3. The smallest absolute Gasteiger partial charge is 0.273 e. The topological polar surface area (TPSA) is 70.1 Å². The van der Waals surface area contributed by atoms with Gasteiger partial charge in [-0.15, -0.1) is 0 Å². The Morgan fingerprint density at radius 2 is 2.10 bits per heavy atom. The lowest BCUT2D eigenvalue weighted by Crippen LogP contribution is -2.19. The number of carbonyl (C=O) groups excluding carboxylic acids is 1. The van der Waals surface area contributed by atoms with Crippen LogP contribution in [0.5, 0.6) is 0 Å². The van der Waals surface area contributed by atoms with E-state index >= 15 is 0 Å². The zero-order valence-corrected chi connectivity index (χ0v) is 11.5. The highest BCUT2D eigenvalue weighted by molar-refractivity contribution is 6.07. The Labute approximate surface area is 121 Å². The second-order valence-electron chi connectivity index (χ2n) is 4.63. The van der Waals surface area contributed by atoms with Gasteiger partial charge in [-0.05, 0) is 19.1 Å². The maximum absolute atomic E-state index is 12.2. The van der Waals surface area contributed by atoms with Crippen LogP contribution in [0.1, 0.15) is 22.8 Å². The largest absolute Gasteiger partial charge is 0.360 e. The van der Waals surface area contributed by atoms with Crippen LogP contribution < -0.4 is 5.43 Å². The monoisotopic (exact) mass is 278 g/mol. The molecule has 0 fully saturated rings. The van der Waals surface area contributed by atoms with Gasteiger partial charge in [0, 0.05) is 35.1 Å². The van der Waals surface area contributed by atoms with Crippen LogP contribution in [0.25, 0.3) is 10.9 Å². The van der Waals surface area contributed by atoms with Crippen LogP contribution in [0.3, 0.4) is 0 Å². The molecule has 104 valence electrons. The highest BCUT2D eigenvalue weighted by Crippen LogP contribution is 2.17. The maximum atomic E-state index is 12.2. The van der Waals surface area contributed by atoms with Crippen LogP contribution in [-0.4, -0.2) is 21.6 Å². The Morgan fingerprint density at radius 1 is 1.24 bits per heavy atom. The van der Waals surface area contributed by atoms with Crippen LogP contribution in [0.4, 0.5) is 0 Å². The second-order valence-corrected chi connectivity index (χ2v) is 4.63. The fourth-order valence-electron chi connectivity index (χ4n) is 2.10. The van der Waals surface area contributed by atoms with Crippen LogP contribution >= 0.6 is 0 Å².